The zero-order chi connectivity index (χ0) is 21.3. The maximum Gasteiger partial charge on any atom is 0.387 e. The highest BCUT2D eigenvalue weighted by Gasteiger charge is 2.29. The van der Waals surface area contributed by atoms with Crippen LogP contribution in [0, 0.1) is 5.92 Å². The molecule has 1 atom stereocenters. The normalized spacial score (nSPS) is 17.4. The van der Waals surface area contributed by atoms with Crippen LogP contribution in [-0.2, 0) is 0 Å². The molecule has 1 amide bonds. The third-order valence-electron chi connectivity index (χ3n) is 5.24. The van der Waals surface area contributed by atoms with Gasteiger partial charge in [0.15, 0.2) is 23.0 Å². The van der Waals surface area contributed by atoms with Crippen molar-refractivity contribution < 1.29 is 27.5 Å². The van der Waals surface area contributed by atoms with Gasteiger partial charge < -0.3 is 24.5 Å². The average molecular weight is 421 g/mol. The van der Waals surface area contributed by atoms with Crippen LogP contribution in [0.5, 0.6) is 11.5 Å². The molecule has 1 aliphatic carbocycles. The fraction of sp³-hybridized carbons (Fsp3) is 0.524. The van der Waals surface area contributed by atoms with Crippen LogP contribution in [0.2, 0.25) is 0 Å². The zero-order valence-electron chi connectivity index (χ0n) is 16.8. The predicted molar refractivity (Wildman–Crippen MR) is 105 cm³/mol. The minimum Gasteiger partial charge on any atom is -0.489 e. The molecule has 4 rings (SSSR count). The first-order valence-electron chi connectivity index (χ1n) is 10.2. The van der Waals surface area contributed by atoms with Crippen LogP contribution in [0.4, 0.5) is 8.78 Å². The molecule has 2 heterocycles. The van der Waals surface area contributed by atoms with Crippen LogP contribution in [0.1, 0.15) is 54.9 Å². The Morgan fingerprint density at radius 1 is 1.30 bits per heavy atom. The van der Waals surface area contributed by atoms with Gasteiger partial charge in [0, 0.05) is 18.7 Å². The Kier molecular flexibility index (Phi) is 5.90. The number of likely N-dealkylation sites (tertiary alicyclic amines) is 1. The van der Waals surface area contributed by atoms with Crippen LogP contribution in [-0.4, -0.2) is 42.1 Å². The van der Waals surface area contributed by atoms with E-state index in [4.69, 9.17) is 14.9 Å². The Morgan fingerprint density at radius 3 is 2.67 bits per heavy atom. The Bertz CT molecular complexity index is 906. The standard InChI is InChI=1S/C21H25F2N3O4/c1-12(24)18-17(20(27)26-8-2-3-9-26)25-19(30-18)14-6-7-15(29-21(22)23)16(10-14)28-11-13-4-5-13/h6-7,10,12-13,21H,2-5,8-9,11,24H2,1H3/t12-/m0/s1. The zero-order valence-corrected chi connectivity index (χ0v) is 16.8. The van der Waals surface area contributed by atoms with E-state index in [1.165, 1.54) is 6.07 Å². The fourth-order valence-electron chi connectivity index (χ4n) is 3.43. The number of ether oxygens (including phenoxy) is 2. The molecular formula is C21H25F2N3O4. The molecule has 0 radical (unpaired) electrons. The minimum absolute atomic E-state index is 0.0539. The smallest absolute Gasteiger partial charge is 0.387 e. The van der Waals surface area contributed by atoms with Crippen molar-refractivity contribution in [2.75, 3.05) is 19.7 Å². The summed E-state index contributed by atoms with van der Waals surface area (Å²) in [5.41, 5.74) is 6.69. The summed E-state index contributed by atoms with van der Waals surface area (Å²) in [4.78, 5) is 19.0. The van der Waals surface area contributed by atoms with E-state index in [-0.39, 0.29) is 29.0 Å². The first kappa shape index (κ1) is 20.6. The molecule has 1 aliphatic heterocycles. The highest BCUT2D eigenvalue weighted by Crippen LogP contribution is 2.37. The molecule has 2 aromatic rings. The lowest BCUT2D eigenvalue weighted by Crippen LogP contribution is -2.29. The van der Waals surface area contributed by atoms with Crippen molar-refractivity contribution in [2.24, 2.45) is 11.7 Å². The van der Waals surface area contributed by atoms with Gasteiger partial charge in [0.1, 0.15) is 0 Å². The van der Waals surface area contributed by atoms with E-state index in [0.29, 0.717) is 36.9 Å². The van der Waals surface area contributed by atoms with E-state index in [0.717, 1.165) is 25.7 Å². The van der Waals surface area contributed by atoms with Gasteiger partial charge >= 0.3 is 6.61 Å². The van der Waals surface area contributed by atoms with Gasteiger partial charge in [-0.05, 0) is 56.7 Å². The molecule has 1 aromatic carbocycles. The number of benzene rings is 1. The highest BCUT2D eigenvalue weighted by atomic mass is 19.3. The third-order valence-corrected chi connectivity index (χ3v) is 5.24. The second-order valence-corrected chi connectivity index (χ2v) is 7.81. The lowest BCUT2D eigenvalue weighted by Gasteiger charge is -2.14. The quantitative estimate of drug-likeness (QED) is 0.693. The van der Waals surface area contributed by atoms with E-state index >= 15 is 0 Å². The first-order chi connectivity index (χ1) is 14.4. The molecule has 30 heavy (non-hydrogen) atoms. The number of nitrogens with zero attached hydrogens (tertiary/aromatic N) is 2. The van der Waals surface area contributed by atoms with Gasteiger partial charge in [-0.2, -0.15) is 8.78 Å². The number of halogens is 2. The van der Waals surface area contributed by atoms with Crippen molar-refractivity contribution in [2.45, 2.75) is 45.3 Å². The number of hydrogen-bond donors (Lipinski definition) is 1. The monoisotopic (exact) mass is 421 g/mol. The van der Waals surface area contributed by atoms with E-state index in [1.54, 1.807) is 24.0 Å². The maximum atomic E-state index is 12.9. The molecule has 1 saturated carbocycles. The van der Waals surface area contributed by atoms with E-state index < -0.39 is 12.7 Å². The van der Waals surface area contributed by atoms with Crippen LogP contribution in [0.3, 0.4) is 0 Å². The molecule has 2 aliphatic rings. The molecule has 162 valence electrons. The molecule has 1 aromatic heterocycles. The number of nitrogens with two attached hydrogens (primary N) is 1. The van der Waals surface area contributed by atoms with E-state index in [9.17, 15) is 13.6 Å². The van der Waals surface area contributed by atoms with Crippen LogP contribution in [0.25, 0.3) is 11.5 Å². The van der Waals surface area contributed by atoms with Crippen LogP contribution >= 0.6 is 0 Å². The van der Waals surface area contributed by atoms with Crippen molar-refractivity contribution in [1.29, 1.82) is 0 Å². The number of alkyl halides is 2. The Morgan fingerprint density at radius 2 is 2.03 bits per heavy atom. The Balaban J connectivity index is 1.65. The maximum absolute atomic E-state index is 12.9. The van der Waals surface area contributed by atoms with Gasteiger partial charge in [-0.3, -0.25) is 4.79 Å². The lowest BCUT2D eigenvalue weighted by molar-refractivity contribution is -0.0515. The summed E-state index contributed by atoms with van der Waals surface area (Å²) in [6.07, 6.45) is 4.03. The first-order valence-corrected chi connectivity index (χ1v) is 10.2. The average Bonchev–Trinajstić information content (AvgIpc) is 3.19. The molecule has 0 spiro atoms. The van der Waals surface area contributed by atoms with Crippen molar-refractivity contribution in [3.8, 4) is 23.0 Å². The largest absolute Gasteiger partial charge is 0.489 e. The van der Waals surface area contributed by atoms with Gasteiger partial charge in [-0.15, -0.1) is 0 Å². The molecule has 7 nitrogen and oxygen atoms in total. The lowest BCUT2D eigenvalue weighted by atomic mass is 10.2. The van der Waals surface area contributed by atoms with Crippen molar-refractivity contribution in [1.82, 2.24) is 9.88 Å². The second kappa shape index (κ2) is 8.59. The van der Waals surface area contributed by atoms with Crippen molar-refractivity contribution in [3.63, 3.8) is 0 Å². The topological polar surface area (TPSA) is 90.8 Å². The predicted octanol–water partition coefficient (Wildman–Crippen LogP) is 3.99. The molecule has 0 bridgehead atoms. The molecule has 1 saturated heterocycles. The summed E-state index contributed by atoms with van der Waals surface area (Å²) >= 11 is 0. The minimum atomic E-state index is -2.96. The van der Waals surface area contributed by atoms with E-state index in [1.807, 2.05) is 0 Å². The van der Waals surface area contributed by atoms with E-state index in [2.05, 4.69) is 9.72 Å². The third kappa shape index (κ3) is 4.56. The SMILES string of the molecule is C[C@H](N)c1oc(-c2ccc(OC(F)F)c(OCC3CC3)c2)nc1C(=O)N1CCCC1. The summed E-state index contributed by atoms with van der Waals surface area (Å²) in [7, 11) is 0. The van der Waals surface area contributed by atoms with Crippen LogP contribution < -0.4 is 15.2 Å². The van der Waals surface area contributed by atoms with Crippen LogP contribution in [0.15, 0.2) is 22.6 Å². The number of aromatic nitrogens is 1. The molecule has 2 fully saturated rings. The summed E-state index contributed by atoms with van der Waals surface area (Å²) < 4.78 is 41.6. The fourth-order valence-corrected chi connectivity index (χ4v) is 3.43. The number of oxazole rings is 1. The molecule has 0 unspecified atom stereocenters. The number of carbonyl (C=O) groups excluding carboxylic acids is 1. The van der Waals surface area contributed by atoms with Crippen molar-refractivity contribution >= 4 is 5.91 Å². The van der Waals surface area contributed by atoms with Crippen molar-refractivity contribution in [3.05, 3.63) is 29.7 Å². The molecule has 2 N–H and O–H groups in total. The second-order valence-electron chi connectivity index (χ2n) is 7.81. The summed E-state index contributed by atoms with van der Waals surface area (Å²) in [6, 6.07) is 3.95. The van der Waals surface area contributed by atoms with Gasteiger partial charge in [0.25, 0.3) is 5.91 Å². The number of rotatable bonds is 8. The Labute approximate surface area is 173 Å². The van der Waals surface area contributed by atoms with Gasteiger partial charge in [-0.1, -0.05) is 0 Å². The van der Waals surface area contributed by atoms with Gasteiger partial charge in [-0.25, -0.2) is 4.98 Å². The molecular weight excluding hydrogens is 396 g/mol. The number of carbonyl (C=O) groups is 1. The summed E-state index contributed by atoms with van der Waals surface area (Å²) in [5.74, 6) is 0.844. The summed E-state index contributed by atoms with van der Waals surface area (Å²) in [5, 5.41) is 0. The van der Waals surface area contributed by atoms with Gasteiger partial charge in [0.05, 0.1) is 12.6 Å². The molecule has 9 heteroatoms. The summed E-state index contributed by atoms with van der Waals surface area (Å²) in [6.45, 7) is 0.541. The Hall–Kier alpha value is -2.68. The van der Waals surface area contributed by atoms with Gasteiger partial charge in [0.2, 0.25) is 5.89 Å². The number of amides is 1. The highest BCUT2D eigenvalue weighted by molar-refractivity contribution is 5.94. The number of hydrogen-bond acceptors (Lipinski definition) is 6.